The number of nitrogens with zero attached hydrogens (tertiary/aromatic N) is 3. The van der Waals surface area contributed by atoms with Gasteiger partial charge in [0.2, 0.25) is 0 Å². The summed E-state index contributed by atoms with van der Waals surface area (Å²) in [6.07, 6.45) is 12.0. The van der Waals surface area contributed by atoms with Crippen molar-refractivity contribution in [3.63, 3.8) is 0 Å². The molecule has 0 amide bonds. The van der Waals surface area contributed by atoms with E-state index in [-0.39, 0.29) is 0 Å². The lowest BCUT2D eigenvalue weighted by molar-refractivity contribution is 1.18. The number of aromatic nitrogens is 3. The van der Waals surface area contributed by atoms with Gasteiger partial charge >= 0.3 is 0 Å². The van der Waals surface area contributed by atoms with E-state index in [4.69, 9.17) is 0 Å². The molecule has 58 heavy (non-hydrogen) atoms. The van der Waals surface area contributed by atoms with Gasteiger partial charge in [0.1, 0.15) is 0 Å². The van der Waals surface area contributed by atoms with E-state index in [2.05, 4.69) is 226 Å². The van der Waals surface area contributed by atoms with E-state index in [0.717, 1.165) is 12.1 Å². The molecule has 0 N–H and O–H groups in total. The molecule has 3 nitrogen and oxygen atoms in total. The van der Waals surface area contributed by atoms with Crippen LogP contribution in [0, 0.1) is 0 Å². The predicted molar refractivity (Wildman–Crippen MR) is 246 cm³/mol. The third kappa shape index (κ3) is 5.00. The van der Waals surface area contributed by atoms with Crippen LogP contribution in [0.15, 0.2) is 212 Å². The van der Waals surface area contributed by atoms with Gasteiger partial charge in [0.25, 0.3) is 0 Å². The van der Waals surface area contributed by atoms with Gasteiger partial charge < -0.3 is 13.7 Å². The Hall–Kier alpha value is -7.62. The average Bonchev–Trinajstić information content (AvgIpc) is 3.82. The second kappa shape index (κ2) is 13.0. The van der Waals surface area contributed by atoms with Gasteiger partial charge in [0.15, 0.2) is 0 Å². The minimum Gasteiger partial charge on any atom is -0.309 e. The van der Waals surface area contributed by atoms with Crippen LogP contribution in [0.5, 0.6) is 0 Å². The fourth-order valence-electron chi connectivity index (χ4n) is 9.39. The number of fused-ring (bicyclic) bond motifs is 9. The van der Waals surface area contributed by atoms with Crippen LogP contribution >= 0.6 is 0 Å². The van der Waals surface area contributed by atoms with Gasteiger partial charge in [-0.3, -0.25) is 0 Å². The van der Waals surface area contributed by atoms with Gasteiger partial charge in [-0.2, -0.15) is 0 Å². The summed E-state index contributed by atoms with van der Waals surface area (Å²) in [5.74, 6) is 0. The quantitative estimate of drug-likeness (QED) is 0.167. The molecule has 272 valence electrons. The van der Waals surface area contributed by atoms with Gasteiger partial charge in [-0.05, 0) is 126 Å². The first kappa shape index (κ1) is 32.6. The van der Waals surface area contributed by atoms with Crippen molar-refractivity contribution < 1.29 is 0 Å². The summed E-state index contributed by atoms with van der Waals surface area (Å²) < 4.78 is 7.19. The molecule has 1 aliphatic carbocycles. The number of para-hydroxylation sites is 4. The van der Waals surface area contributed by atoms with Crippen LogP contribution in [0.25, 0.3) is 105 Å². The van der Waals surface area contributed by atoms with Crippen LogP contribution in [0.3, 0.4) is 0 Å². The summed E-state index contributed by atoms with van der Waals surface area (Å²) in [5.41, 5.74) is 15.6. The van der Waals surface area contributed by atoms with E-state index in [1.807, 2.05) is 0 Å². The zero-order valence-electron chi connectivity index (χ0n) is 31.8. The summed E-state index contributed by atoms with van der Waals surface area (Å²) in [6.45, 7) is 0. The Morgan fingerprint density at radius 2 is 0.690 bits per heavy atom. The molecular formula is C55H37N3. The van der Waals surface area contributed by atoms with Crippen LogP contribution in [0.1, 0.15) is 6.42 Å². The van der Waals surface area contributed by atoms with Crippen LogP contribution < -0.4 is 0 Å². The summed E-state index contributed by atoms with van der Waals surface area (Å²) in [5, 5.41) is 7.51. The standard InChI is InChI=1S/C55H37N3/c1-2-6-16-41(15-5-1)56-50-23-13-11-21-44(50)46-33-37(25-29-52(46)56)39-27-31-54-48(35-39)49-36-40(28-32-55(49)58(54)43-19-9-4-10-20-43)38-26-30-53-47(34-38)45-22-12-14-24-51(45)57(53)42-17-7-3-8-18-42/h1,3-36H,2H2. The molecule has 0 bridgehead atoms. The zero-order chi connectivity index (χ0) is 38.2. The largest absolute Gasteiger partial charge is 0.309 e. The monoisotopic (exact) mass is 739 g/mol. The minimum atomic E-state index is 0.946. The fourth-order valence-corrected chi connectivity index (χ4v) is 9.39. The SMILES string of the molecule is C1=CCC=CC(n2c3ccccc3c3cc(-c4ccc5c(c4)c4cc(-c6ccc7c(c6)c6ccccc6n7-c6ccccc6)ccc4n5-c4ccccc4)ccc32)=C1. The summed E-state index contributed by atoms with van der Waals surface area (Å²) >= 11 is 0. The Bertz CT molecular complexity index is 3510. The van der Waals surface area contributed by atoms with E-state index in [9.17, 15) is 0 Å². The molecule has 3 aromatic heterocycles. The highest BCUT2D eigenvalue weighted by Crippen LogP contribution is 2.41. The second-order valence-electron chi connectivity index (χ2n) is 15.3. The smallest absolute Gasteiger partial charge is 0.0541 e. The van der Waals surface area contributed by atoms with Crippen molar-refractivity contribution in [1.82, 2.24) is 13.7 Å². The molecule has 0 fully saturated rings. The lowest BCUT2D eigenvalue weighted by Gasteiger charge is -2.10. The van der Waals surface area contributed by atoms with E-state index in [0.29, 0.717) is 0 Å². The highest BCUT2D eigenvalue weighted by Gasteiger charge is 2.18. The van der Waals surface area contributed by atoms with Crippen molar-refractivity contribution in [1.29, 1.82) is 0 Å². The predicted octanol–water partition coefficient (Wildman–Crippen LogP) is 14.7. The molecule has 0 saturated heterocycles. The lowest BCUT2D eigenvalue weighted by atomic mass is 9.98. The molecule has 11 aromatic rings. The van der Waals surface area contributed by atoms with Crippen LogP contribution in [0.2, 0.25) is 0 Å². The average molecular weight is 740 g/mol. The third-order valence-electron chi connectivity index (χ3n) is 12.0. The maximum absolute atomic E-state index is 2.41. The first-order valence-electron chi connectivity index (χ1n) is 20.1. The number of hydrogen-bond acceptors (Lipinski definition) is 0. The minimum absolute atomic E-state index is 0.946. The molecule has 0 aliphatic heterocycles. The third-order valence-corrected chi connectivity index (χ3v) is 12.0. The molecule has 0 saturated carbocycles. The molecular weight excluding hydrogens is 703 g/mol. The maximum atomic E-state index is 2.41. The fraction of sp³-hybridized carbons (Fsp3) is 0.0182. The van der Waals surface area contributed by atoms with Gasteiger partial charge in [0.05, 0.1) is 33.1 Å². The molecule has 12 rings (SSSR count). The van der Waals surface area contributed by atoms with Gasteiger partial charge in [-0.15, -0.1) is 0 Å². The molecule has 1 aliphatic rings. The number of allylic oxidation sites excluding steroid dienone is 6. The van der Waals surface area contributed by atoms with Gasteiger partial charge in [-0.25, -0.2) is 0 Å². The summed E-state index contributed by atoms with van der Waals surface area (Å²) in [4.78, 5) is 0. The van der Waals surface area contributed by atoms with Crippen molar-refractivity contribution in [2.75, 3.05) is 0 Å². The maximum Gasteiger partial charge on any atom is 0.0541 e. The molecule has 0 atom stereocenters. The molecule has 3 heterocycles. The van der Waals surface area contributed by atoms with Crippen molar-refractivity contribution >= 4 is 71.1 Å². The van der Waals surface area contributed by atoms with Crippen molar-refractivity contribution in [3.05, 3.63) is 212 Å². The molecule has 0 radical (unpaired) electrons. The van der Waals surface area contributed by atoms with Crippen molar-refractivity contribution in [2.24, 2.45) is 0 Å². The van der Waals surface area contributed by atoms with Crippen molar-refractivity contribution in [3.8, 4) is 33.6 Å². The van der Waals surface area contributed by atoms with Gasteiger partial charge in [0, 0.05) is 49.4 Å². The van der Waals surface area contributed by atoms with E-state index in [1.165, 1.54) is 99.1 Å². The Balaban J connectivity index is 1.05. The topological polar surface area (TPSA) is 14.8 Å². The van der Waals surface area contributed by atoms with Gasteiger partial charge in [-0.1, -0.05) is 115 Å². The number of hydrogen-bond donors (Lipinski definition) is 0. The number of benzene rings is 8. The van der Waals surface area contributed by atoms with Crippen LogP contribution in [-0.2, 0) is 0 Å². The van der Waals surface area contributed by atoms with Crippen molar-refractivity contribution in [2.45, 2.75) is 6.42 Å². The molecule has 0 spiro atoms. The number of rotatable bonds is 5. The van der Waals surface area contributed by atoms with E-state index < -0.39 is 0 Å². The van der Waals surface area contributed by atoms with Crippen LogP contribution in [-0.4, -0.2) is 13.7 Å². The first-order valence-corrected chi connectivity index (χ1v) is 20.1. The zero-order valence-corrected chi connectivity index (χ0v) is 31.8. The van der Waals surface area contributed by atoms with E-state index >= 15 is 0 Å². The Morgan fingerprint density at radius 1 is 0.310 bits per heavy atom. The lowest BCUT2D eigenvalue weighted by Crippen LogP contribution is -1.94. The first-order chi connectivity index (χ1) is 28.8. The highest BCUT2D eigenvalue weighted by atomic mass is 15.0. The Morgan fingerprint density at radius 3 is 1.17 bits per heavy atom. The second-order valence-corrected chi connectivity index (χ2v) is 15.3. The summed E-state index contributed by atoms with van der Waals surface area (Å²) in [6, 6.07) is 66.9. The van der Waals surface area contributed by atoms with Crippen LogP contribution in [0.4, 0.5) is 0 Å². The normalized spacial score (nSPS) is 13.1. The highest BCUT2D eigenvalue weighted by molar-refractivity contribution is 6.15. The van der Waals surface area contributed by atoms with E-state index in [1.54, 1.807) is 0 Å². The molecule has 0 unspecified atom stereocenters. The molecule has 8 aromatic carbocycles. The molecule has 3 heteroatoms. The Kier molecular flexibility index (Phi) is 7.29. The summed E-state index contributed by atoms with van der Waals surface area (Å²) in [7, 11) is 0. The Labute approximate surface area is 335 Å².